The highest BCUT2D eigenvalue weighted by atomic mass is 16.6. The number of fused-ring (bicyclic) bond motifs is 1. The van der Waals surface area contributed by atoms with E-state index in [1.54, 1.807) is 0 Å². The molecule has 2 aromatic rings. The molecule has 2 amide bonds. The number of amides is 2. The summed E-state index contributed by atoms with van der Waals surface area (Å²) in [5, 5.41) is 8.84. The van der Waals surface area contributed by atoms with Crippen molar-refractivity contribution >= 4 is 17.5 Å². The first-order valence-corrected chi connectivity index (χ1v) is 10.2. The second-order valence-corrected chi connectivity index (χ2v) is 7.37. The standard InChI is InChI=1S/C23H25N3O4/c1-16(18-7-8-20-21(15-18)30-14-13-29-20)24-22(27)9-10-23(28)26-12-11-19(25-26)17-5-3-2-4-6-17/h2-8,15-16H,9-14H2,1H3,(H,24,27). The number of rotatable bonds is 6. The summed E-state index contributed by atoms with van der Waals surface area (Å²) in [6.07, 6.45) is 0.981. The summed E-state index contributed by atoms with van der Waals surface area (Å²) in [7, 11) is 0. The van der Waals surface area contributed by atoms with Gasteiger partial charge in [0, 0.05) is 19.3 Å². The van der Waals surface area contributed by atoms with E-state index < -0.39 is 0 Å². The van der Waals surface area contributed by atoms with Gasteiger partial charge in [-0.05, 0) is 30.2 Å². The molecule has 1 unspecified atom stereocenters. The SMILES string of the molecule is CC(NC(=O)CCC(=O)N1CCC(c2ccccc2)=N1)c1ccc2c(c1)OCCO2. The average molecular weight is 407 g/mol. The van der Waals surface area contributed by atoms with Gasteiger partial charge >= 0.3 is 0 Å². The van der Waals surface area contributed by atoms with Crippen molar-refractivity contribution in [2.45, 2.75) is 32.2 Å². The van der Waals surface area contributed by atoms with Crippen LogP contribution in [0, 0.1) is 0 Å². The van der Waals surface area contributed by atoms with E-state index in [9.17, 15) is 9.59 Å². The zero-order valence-electron chi connectivity index (χ0n) is 17.0. The van der Waals surface area contributed by atoms with E-state index in [4.69, 9.17) is 9.47 Å². The van der Waals surface area contributed by atoms with E-state index in [1.807, 2.05) is 55.5 Å². The molecule has 0 spiro atoms. The number of carbonyl (C=O) groups is 2. The lowest BCUT2D eigenvalue weighted by molar-refractivity contribution is -0.133. The molecule has 30 heavy (non-hydrogen) atoms. The van der Waals surface area contributed by atoms with Crippen molar-refractivity contribution in [3.8, 4) is 11.5 Å². The first-order chi connectivity index (χ1) is 14.6. The average Bonchev–Trinajstić information content (AvgIpc) is 3.28. The van der Waals surface area contributed by atoms with Gasteiger partial charge in [0.05, 0.1) is 18.3 Å². The van der Waals surface area contributed by atoms with Crippen LogP contribution in [0.4, 0.5) is 0 Å². The number of benzene rings is 2. The molecule has 2 aliphatic heterocycles. The van der Waals surface area contributed by atoms with E-state index in [0.717, 1.165) is 29.0 Å². The summed E-state index contributed by atoms with van der Waals surface area (Å²) < 4.78 is 11.1. The van der Waals surface area contributed by atoms with Crippen LogP contribution in [-0.2, 0) is 9.59 Å². The minimum atomic E-state index is -0.196. The van der Waals surface area contributed by atoms with Crippen molar-refractivity contribution in [2.24, 2.45) is 5.10 Å². The molecule has 1 N–H and O–H groups in total. The quantitative estimate of drug-likeness (QED) is 0.798. The lowest BCUT2D eigenvalue weighted by atomic mass is 10.1. The second kappa shape index (κ2) is 8.98. The lowest BCUT2D eigenvalue weighted by Gasteiger charge is -2.21. The largest absolute Gasteiger partial charge is 0.486 e. The van der Waals surface area contributed by atoms with Crippen LogP contribution in [0.15, 0.2) is 53.6 Å². The molecule has 0 bridgehead atoms. The van der Waals surface area contributed by atoms with E-state index in [2.05, 4.69) is 10.4 Å². The molecule has 2 aliphatic rings. The zero-order valence-corrected chi connectivity index (χ0v) is 17.0. The smallest absolute Gasteiger partial charge is 0.243 e. The molecule has 0 saturated carbocycles. The highest BCUT2D eigenvalue weighted by Gasteiger charge is 2.22. The van der Waals surface area contributed by atoms with Gasteiger partial charge in [0.25, 0.3) is 0 Å². The zero-order chi connectivity index (χ0) is 20.9. The molecule has 0 saturated heterocycles. The first-order valence-electron chi connectivity index (χ1n) is 10.2. The molecule has 0 radical (unpaired) electrons. The maximum atomic E-state index is 12.5. The van der Waals surface area contributed by atoms with E-state index in [0.29, 0.717) is 25.5 Å². The topological polar surface area (TPSA) is 80.2 Å². The van der Waals surface area contributed by atoms with Crippen molar-refractivity contribution < 1.29 is 19.1 Å². The Morgan fingerprint density at radius 3 is 2.63 bits per heavy atom. The number of carbonyl (C=O) groups excluding carboxylic acids is 2. The van der Waals surface area contributed by atoms with Gasteiger partial charge in [0.2, 0.25) is 11.8 Å². The maximum Gasteiger partial charge on any atom is 0.243 e. The van der Waals surface area contributed by atoms with Gasteiger partial charge in [-0.1, -0.05) is 36.4 Å². The predicted octanol–water partition coefficient (Wildman–Crippen LogP) is 3.05. The van der Waals surface area contributed by atoms with Crippen molar-refractivity contribution in [2.75, 3.05) is 19.8 Å². The third-order valence-corrected chi connectivity index (χ3v) is 5.21. The highest BCUT2D eigenvalue weighted by molar-refractivity contribution is 6.02. The molecule has 2 aromatic carbocycles. The van der Waals surface area contributed by atoms with Gasteiger partial charge in [0.15, 0.2) is 11.5 Å². The van der Waals surface area contributed by atoms with Crippen LogP contribution in [0.1, 0.15) is 43.4 Å². The van der Waals surface area contributed by atoms with Crippen molar-refractivity contribution in [3.63, 3.8) is 0 Å². The van der Waals surface area contributed by atoms with Crippen molar-refractivity contribution in [1.82, 2.24) is 10.3 Å². The Hall–Kier alpha value is -3.35. The number of nitrogens with zero attached hydrogens (tertiary/aromatic N) is 2. The molecule has 7 nitrogen and oxygen atoms in total. The number of hydrazone groups is 1. The summed E-state index contributed by atoms with van der Waals surface area (Å²) in [5.74, 6) is 1.10. The Balaban J connectivity index is 1.27. The third kappa shape index (κ3) is 4.62. The summed E-state index contributed by atoms with van der Waals surface area (Å²) in [5.41, 5.74) is 2.86. The van der Waals surface area contributed by atoms with Crippen LogP contribution in [0.2, 0.25) is 0 Å². The minimum Gasteiger partial charge on any atom is -0.486 e. The van der Waals surface area contributed by atoms with Crippen molar-refractivity contribution in [3.05, 3.63) is 59.7 Å². The second-order valence-electron chi connectivity index (χ2n) is 7.37. The van der Waals surface area contributed by atoms with Crippen LogP contribution >= 0.6 is 0 Å². The molecule has 0 aliphatic carbocycles. The first kappa shape index (κ1) is 19.9. The van der Waals surface area contributed by atoms with E-state index in [-0.39, 0.29) is 30.7 Å². The van der Waals surface area contributed by atoms with Crippen molar-refractivity contribution in [1.29, 1.82) is 0 Å². The Kier molecular flexibility index (Phi) is 5.97. The Morgan fingerprint density at radius 1 is 1.07 bits per heavy atom. The van der Waals surface area contributed by atoms with Crippen LogP contribution < -0.4 is 14.8 Å². The van der Waals surface area contributed by atoms with Crippen LogP contribution in [0.5, 0.6) is 11.5 Å². The normalized spacial score (nSPS) is 16.0. The Morgan fingerprint density at radius 2 is 1.83 bits per heavy atom. The van der Waals surface area contributed by atoms with Gasteiger partial charge in [-0.25, -0.2) is 5.01 Å². The molecular weight excluding hydrogens is 382 g/mol. The van der Waals surface area contributed by atoms with Gasteiger partial charge in [-0.15, -0.1) is 0 Å². The molecule has 0 aromatic heterocycles. The minimum absolute atomic E-state index is 0.125. The van der Waals surface area contributed by atoms with Crippen LogP contribution in [0.25, 0.3) is 0 Å². The fourth-order valence-corrected chi connectivity index (χ4v) is 3.55. The summed E-state index contributed by atoms with van der Waals surface area (Å²) in [4.78, 5) is 24.8. The van der Waals surface area contributed by atoms with Gasteiger partial charge in [0.1, 0.15) is 13.2 Å². The van der Waals surface area contributed by atoms with Gasteiger partial charge in [-0.2, -0.15) is 5.10 Å². The van der Waals surface area contributed by atoms with Gasteiger partial charge < -0.3 is 14.8 Å². The molecule has 2 heterocycles. The number of nitrogens with one attached hydrogen (secondary N) is 1. The van der Waals surface area contributed by atoms with E-state index in [1.165, 1.54) is 5.01 Å². The highest BCUT2D eigenvalue weighted by Crippen LogP contribution is 2.32. The van der Waals surface area contributed by atoms with Crippen LogP contribution in [-0.4, -0.2) is 42.3 Å². The molecule has 1 atom stereocenters. The predicted molar refractivity (Wildman–Crippen MR) is 113 cm³/mol. The Bertz CT molecular complexity index is 958. The third-order valence-electron chi connectivity index (χ3n) is 5.21. The maximum absolute atomic E-state index is 12.5. The van der Waals surface area contributed by atoms with Crippen LogP contribution in [0.3, 0.4) is 0 Å². The van der Waals surface area contributed by atoms with Gasteiger partial charge in [-0.3, -0.25) is 9.59 Å². The molecule has 7 heteroatoms. The lowest BCUT2D eigenvalue weighted by Crippen LogP contribution is -2.29. The summed E-state index contributed by atoms with van der Waals surface area (Å²) >= 11 is 0. The summed E-state index contributed by atoms with van der Waals surface area (Å²) in [6.45, 7) is 3.52. The van der Waals surface area contributed by atoms with E-state index >= 15 is 0 Å². The monoisotopic (exact) mass is 407 g/mol. The molecule has 0 fully saturated rings. The fraction of sp³-hybridized carbons (Fsp3) is 0.348. The number of hydrogen-bond donors (Lipinski definition) is 1. The molecule has 4 rings (SSSR count). The summed E-state index contributed by atoms with van der Waals surface area (Å²) in [6, 6.07) is 15.3. The molecule has 156 valence electrons. The number of hydrogen-bond acceptors (Lipinski definition) is 5. The Labute approximate surface area is 175 Å². The fourth-order valence-electron chi connectivity index (χ4n) is 3.55. The molecular formula is C23H25N3O4. The number of ether oxygens (including phenoxy) is 2.